The van der Waals surface area contributed by atoms with Crippen LogP contribution in [-0.4, -0.2) is 219 Å². The summed E-state index contributed by atoms with van der Waals surface area (Å²) in [6.45, 7) is 7.51. The standard InChI is InChI=1S/C30H28Cl2N4O4.C29H28ClN3O6S.C28H25Cl2N3O5S.C24H17ClF2N2O2/c31-20-3-8-23(9-4-20)40-30(38)36-12-11-24-25-17-21(32)5-10-26(25)34-28(24)29(36)19-1-6-22(7-2-19)33-27(37)18-35-13-15-39-16-14-35;1-37-21-5-7-22(8-6-21)39-29(34)33-13-12-24-25-18-20(30)4-11-26(25)31-27(24)28(33)19-2-9-23(10-3-19)40(35,36)32-14-16-38-17-15-32;29-19-3-6-21(7-4-19)38-28(34)33-12-11-23-24-17-20(30)5-10-25(24)31-26(23)27(33)18-1-8-22(9-2-18)39(35,36)32-13-15-37-16-14-32;25-15-3-10-21-20(13-15)19-11-12-29(24(30)31-18-8-6-17(27)7-9-18)23(22(19)28-21)14-1-4-16(26)5-2-14/h1-10,17,29,34H,11-16,18H2,(H,33,37);2-11,18,28,31H,12-17H2,1H3;1-10,17,27,31H,11-16H2;1-10,13,23,28H,11-12H2. The minimum Gasteiger partial charge on any atom is -0.497 e. The van der Waals surface area contributed by atoms with E-state index in [9.17, 15) is 49.6 Å². The number of nitrogens with one attached hydrogen (secondary N) is 5. The zero-order valence-electron chi connectivity index (χ0n) is 80.5. The summed E-state index contributed by atoms with van der Waals surface area (Å²) in [5.74, 6) is 1.25. The second kappa shape index (κ2) is 45.3. The molecule has 0 spiro atoms. The number of nitrogens with zero attached hydrogens (tertiary/aromatic N) is 7. The van der Waals surface area contributed by atoms with E-state index in [4.69, 9.17) is 108 Å². The molecular formula is C111H98Cl6F2N12O17S2. The molecule has 12 aromatic carbocycles. The van der Waals surface area contributed by atoms with Crippen LogP contribution in [0, 0.1) is 11.6 Å². The van der Waals surface area contributed by atoms with Crippen LogP contribution in [0.4, 0.5) is 33.6 Å². The number of fused-ring (bicyclic) bond motifs is 12. The van der Waals surface area contributed by atoms with Gasteiger partial charge in [0.25, 0.3) is 0 Å². The lowest BCUT2D eigenvalue weighted by molar-refractivity contribution is -0.118. The van der Waals surface area contributed by atoms with Crippen LogP contribution in [0.3, 0.4) is 0 Å². The molecule has 772 valence electrons. The van der Waals surface area contributed by atoms with Crippen LogP contribution in [0.1, 0.15) is 91.5 Å². The lowest BCUT2D eigenvalue weighted by Crippen LogP contribution is -2.42. The molecule has 39 heteroatoms. The van der Waals surface area contributed by atoms with Gasteiger partial charge in [-0.25, -0.2) is 44.8 Å². The van der Waals surface area contributed by atoms with Crippen molar-refractivity contribution >= 4 is 169 Å². The van der Waals surface area contributed by atoms with Gasteiger partial charge in [-0.3, -0.25) is 29.3 Å². The molecule has 29 nitrogen and oxygen atoms in total. The van der Waals surface area contributed by atoms with Gasteiger partial charge in [0.2, 0.25) is 26.0 Å². The van der Waals surface area contributed by atoms with Crippen molar-refractivity contribution in [2.75, 3.05) is 124 Å². The van der Waals surface area contributed by atoms with Gasteiger partial charge in [0.15, 0.2) is 0 Å². The van der Waals surface area contributed by atoms with Gasteiger partial charge in [0.1, 0.15) is 64.5 Å². The summed E-state index contributed by atoms with van der Waals surface area (Å²) in [6, 6.07) is 73.2. The summed E-state index contributed by atoms with van der Waals surface area (Å²) in [6.07, 6.45) is 0.403. The molecular weight excluding hydrogens is 2090 g/mol. The van der Waals surface area contributed by atoms with Crippen molar-refractivity contribution < 1.29 is 87.5 Å². The fourth-order valence-electron chi connectivity index (χ4n) is 20.1. The Morgan fingerprint density at radius 3 is 0.880 bits per heavy atom. The lowest BCUT2D eigenvalue weighted by atomic mass is 9.92. The minimum atomic E-state index is -3.66. The van der Waals surface area contributed by atoms with Crippen molar-refractivity contribution in [2.45, 2.75) is 59.6 Å². The molecule has 5 amide bonds. The Labute approximate surface area is 891 Å². The summed E-state index contributed by atoms with van der Waals surface area (Å²) < 4.78 is 126. The molecule has 3 saturated heterocycles. The van der Waals surface area contributed by atoms with Gasteiger partial charge in [-0.05, 0) is 289 Å². The number of anilines is 1. The van der Waals surface area contributed by atoms with E-state index in [-0.39, 0.29) is 27.3 Å². The molecule has 0 saturated carbocycles. The third kappa shape index (κ3) is 22.7. The number of aromatic nitrogens is 4. The number of H-pyrrole nitrogens is 4. The molecule has 4 atom stereocenters. The number of carbonyl (C=O) groups excluding carboxylic acids is 5. The van der Waals surface area contributed by atoms with E-state index in [1.165, 1.54) is 45.0 Å². The van der Waals surface area contributed by atoms with Crippen LogP contribution in [0.5, 0.6) is 28.7 Å². The van der Waals surface area contributed by atoms with Crippen molar-refractivity contribution in [1.29, 1.82) is 0 Å². The van der Waals surface area contributed by atoms with Gasteiger partial charge >= 0.3 is 24.4 Å². The van der Waals surface area contributed by atoms with Crippen molar-refractivity contribution in [3.05, 3.63) is 376 Å². The maximum absolute atomic E-state index is 13.6. The molecule has 23 rings (SSSR count). The summed E-state index contributed by atoms with van der Waals surface area (Å²) in [5, 5.41) is 10.7. The van der Waals surface area contributed by atoms with E-state index < -0.39 is 74.4 Å². The Hall–Kier alpha value is -13.6. The Balaban J connectivity index is 0.000000121. The maximum atomic E-state index is 13.6. The predicted molar refractivity (Wildman–Crippen MR) is 569 cm³/mol. The zero-order valence-corrected chi connectivity index (χ0v) is 86.6. The van der Waals surface area contributed by atoms with Crippen LogP contribution >= 0.6 is 69.6 Å². The third-order valence-electron chi connectivity index (χ3n) is 27.4. The van der Waals surface area contributed by atoms with E-state index in [1.54, 1.807) is 166 Å². The average molecular weight is 2190 g/mol. The molecule has 0 radical (unpaired) electrons. The van der Waals surface area contributed by atoms with Gasteiger partial charge in [-0.15, -0.1) is 0 Å². The summed E-state index contributed by atoms with van der Waals surface area (Å²) >= 11 is 37.1. The van der Waals surface area contributed by atoms with Crippen LogP contribution in [0.2, 0.25) is 30.1 Å². The first-order valence-electron chi connectivity index (χ1n) is 48.5. The first kappa shape index (κ1) is 104. The van der Waals surface area contributed by atoms with Crippen LogP contribution in [0.25, 0.3) is 43.6 Å². The smallest absolute Gasteiger partial charge is 0.416 e. The normalized spacial score (nSPS) is 17.4. The van der Waals surface area contributed by atoms with Crippen molar-refractivity contribution in [3.8, 4) is 28.7 Å². The highest BCUT2D eigenvalue weighted by Gasteiger charge is 2.43. The van der Waals surface area contributed by atoms with Crippen LogP contribution < -0.4 is 29.0 Å². The lowest BCUT2D eigenvalue weighted by Gasteiger charge is -2.35. The van der Waals surface area contributed by atoms with Crippen molar-refractivity contribution in [2.24, 2.45) is 0 Å². The number of methoxy groups -OCH3 is 1. The molecule has 16 aromatic rings. The van der Waals surface area contributed by atoms with Crippen molar-refractivity contribution in [3.63, 3.8) is 0 Å². The van der Waals surface area contributed by atoms with Gasteiger partial charge < -0.3 is 63.1 Å². The number of rotatable bonds is 16. The first-order chi connectivity index (χ1) is 72.6. The van der Waals surface area contributed by atoms with Gasteiger partial charge in [-0.2, -0.15) is 8.61 Å². The molecule has 7 aliphatic rings. The highest BCUT2D eigenvalue weighted by molar-refractivity contribution is 7.89. The molecule has 11 heterocycles. The monoisotopic (exact) mass is 2180 g/mol. The number of hydrogen-bond donors (Lipinski definition) is 5. The topological polar surface area (TPSA) is 325 Å². The number of benzene rings is 12. The highest BCUT2D eigenvalue weighted by atomic mass is 35.5. The quantitative estimate of drug-likeness (QED) is 0.0600. The molecule has 0 bridgehead atoms. The van der Waals surface area contributed by atoms with E-state index in [0.717, 1.165) is 124 Å². The molecule has 7 aliphatic heterocycles. The van der Waals surface area contributed by atoms with Gasteiger partial charge in [-0.1, -0.05) is 118 Å². The minimum absolute atomic E-state index is 0.0738. The van der Waals surface area contributed by atoms with Crippen molar-refractivity contribution in [1.82, 2.24) is 53.0 Å². The number of ether oxygens (including phenoxy) is 8. The Morgan fingerprint density at radius 2 is 0.580 bits per heavy atom. The second-order valence-corrected chi connectivity index (χ2v) is 43.0. The number of sulfonamides is 2. The summed E-state index contributed by atoms with van der Waals surface area (Å²) in [5.41, 5.74) is 15.3. The summed E-state index contributed by atoms with van der Waals surface area (Å²) in [4.78, 5) is 89.2. The fraction of sp³-hybridized carbons (Fsp3) is 0.234. The van der Waals surface area contributed by atoms with Crippen LogP contribution in [0.15, 0.2) is 277 Å². The number of hydrogen-bond acceptors (Lipinski definition) is 18. The van der Waals surface area contributed by atoms with E-state index in [1.807, 2.05) is 91.0 Å². The molecule has 4 aromatic heterocycles. The largest absolute Gasteiger partial charge is 0.497 e. The van der Waals surface area contributed by atoms with E-state index in [2.05, 4.69) is 30.2 Å². The second-order valence-electron chi connectivity index (χ2n) is 36.5. The van der Waals surface area contributed by atoms with Gasteiger partial charge in [0.05, 0.1) is 63.1 Å². The highest BCUT2D eigenvalue weighted by Crippen LogP contribution is 2.47. The zero-order chi connectivity index (χ0) is 104. The number of halogens is 8. The Kier molecular flexibility index (Phi) is 31.3. The molecule has 3 fully saturated rings. The summed E-state index contributed by atoms with van der Waals surface area (Å²) in [7, 11) is -5.74. The Morgan fingerprint density at radius 1 is 0.327 bits per heavy atom. The fourth-order valence-corrected chi connectivity index (χ4v) is 23.8. The molecule has 0 aliphatic carbocycles. The first-order valence-corrected chi connectivity index (χ1v) is 53.6. The third-order valence-corrected chi connectivity index (χ3v) is 32.7. The maximum Gasteiger partial charge on any atom is 0.416 e. The number of aromatic amines is 4. The van der Waals surface area contributed by atoms with Gasteiger partial charge in [0, 0.05) is 168 Å². The molecule has 150 heavy (non-hydrogen) atoms. The van der Waals surface area contributed by atoms with Crippen LogP contribution in [-0.2, 0) is 64.7 Å². The average Bonchev–Trinajstić information content (AvgIpc) is 1.61. The number of amides is 5. The Bertz CT molecular complexity index is 7950. The molecule has 5 N–H and O–H groups in total. The molecule has 4 unspecified atom stereocenters. The predicted octanol–water partition coefficient (Wildman–Crippen LogP) is 22.8. The number of morpholine rings is 3. The SMILES string of the molecule is COc1ccc(OC(=O)N2CCc3c([nH]c4ccc(Cl)cc34)C2c2ccc(S(=O)(=O)N3CCOCC3)cc2)cc1.O=C(CN1CCOCC1)Nc1ccc(C2c3[nH]c4ccc(Cl)cc4c3CCN2C(=O)Oc2ccc(Cl)cc2)cc1.O=C(Oc1ccc(Cl)cc1)N1CCc2c([nH]c3ccc(Cl)cc23)C1c1ccc(S(=O)(=O)N2CCOCC2)cc1.O=C(Oc1ccc(F)cc1)N1CCc2c([nH]c3ccc(Cl)cc23)C1c1ccc(F)cc1. The van der Waals surface area contributed by atoms with E-state index >= 15 is 0 Å². The van der Waals surface area contributed by atoms with E-state index in [0.29, 0.717) is 183 Å². The number of carbonyl (C=O) groups is 5.